The lowest BCUT2D eigenvalue weighted by atomic mass is 9.80. The van der Waals surface area contributed by atoms with E-state index in [0.29, 0.717) is 25.9 Å². The molecule has 5 atom stereocenters. The molecule has 39 heavy (non-hydrogen) atoms. The van der Waals surface area contributed by atoms with E-state index in [0.717, 1.165) is 35.1 Å². The van der Waals surface area contributed by atoms with Crippen molar-refractivity contribution in [3.63, 3.8) is 0 Å². The lowest BCUT2D eigenvalue weighted by Gasteiger charge is -2.33. The van der Waals surface area contributed by atoms with E-state index in [1.807, 2.05) is 64.2 Å². The van der Waals surface area contributed by atoms with E-state index in [-0.39, 0.29) is 24.3 Å². The summed E-state index contributed by atoms with van der Waals surface area (Å²) in [5, 5.41) is 18.6. The molecule has 2 heterocycles. The number of piperazine rings is 1. The number of ether oxygens (including phenoxy) is 1. The van der Waals surface area contributed by atoms with Crippen LogP contribution in [0.1, 0.15) is 45.6 Å². The van der Waals surface area contributed by atoms with Crippen molar-refractivity contribution in [1.82, 2.24) is 20.0 Å². The van der Waals surface area contributed by atoms with Gasteiger partial charge in [0.25, 0.3) is 0 Å². The minimum absolute atomic E-state index is 0.0685. The zero-order valence-corrected chi connectivity index (χ0v) is 23.3. The van der Waals surface area contributed by atoms with Gasteiger partial charge in [-0.25, -0.2) is 4.79 Å². The standard InChI is InChI=1S/C30H40N4O5/c1-19-5-9-24(35)17-26(36)29(37)28(21(3)15-22-7-8-23-18-31-32-25(23)16-22)20(2)6-10-27(19)39-30(38)34-13-11-33(4)12-14-34/h6-8,10,15-16,18-20,24,27-28,35H,5,9,11-14,17H2,1-4H3,(H,31,32)/b10-6+,21-15+/t19-,20-,24+,27-,28-/m0/s1. The molecule has 0 bridgehead atoms. The van der Waals surface area contributed by atoms with E-state index >= 15 is 0 Å². The van der Waals surface area contributed by atoms with Crippen LogP contribution in [0.15, 0.2) is 42.1 Å². The van der Waals surface area contributed by atoms with Crippen LogP contribution in [0.3, 0.4) is 0 Å². The highest BCUT2D eigenvalue weighted by Gasteiger charge is 2.33. The van der Waals surface area contributed by atoms with Gasteiger partial charge in [0.15, 0.2) is 0 Å². The molecule has 0 unspecified atom stereocenters. The Bertz CT molecular complexity index is 1240. The number of aliphatic hydroxyl groups excluding tert-OH is 1. The van der Waals surface area contributed by atoms with Gasteiger partial charge in [0.2, 0.25) is 11.6 Å². The fraction of sp³-hybridized carbons (Fsp3) is 0.533. The molecule has 1 saturated heterocycles. The number of H-pyrrole nitrogens is 1. The molecular weight excluding hydrogens is 496 g/mol. The highest BCUT2D eigenvalue weighted by atomic mass is 16.6. The van der Waals surface area contributed by atoms with Gasteiger partial charge in [0.05, 0.1) is 23.7 Å². The Labute approximate surface area is 229 Å². The van der Waals surface area contributed by atoms with Gasteiger partial charge >= 0.3 is 6.09 Å². The minimum atomic E-state index is -0.927. The van der Waals surface area contributed by atoms with Gasteiger partial charge in [-0.2, -0.15) is 5.10 Å². The second kappa shape index (κ2) is 12.7. The topological polar surface area (TPSA) is 116 Å². The number of fused-ring (bicyclic) bond motifs is 1. The van der Waals surface area contributed by atoms with E-state index in [4.69, 9.17) is 4.74 Å². The molecule has 1 aliphatic carbocycles. The lowest BCUT2D eigenvalue weighted by molar-refractivity contribution is -0.140. The molecular formula is C30H40N4O5. The van der Waals surface area contributed by atoms with Crippen LogP contribution in [0.4, 0.5) is 4.79 Å². The van der Waals surface area contributed by atoms with Gasteiger partial charge in [-0.15, -0.1) is 0 Å². The largest absolute Gasteiger partial charge is 0.442 e. The Kier molecular flexibility index (Phi) is 9.35. The summed E-state index contributed by atoms with van der Waals surface area (Å²) in [7, 11) is 2.03. The molecule has 1 amide bonds. The molecule has 0 spiro atoms. The molecule has 1 aromatic carbocycles. The van der Waals surface area contributed by atoms with Gasteiger partial charge < -0.3 is 19.6 Å². The number of ketones is 2. The van der Waals surface area contributed by atoms with Crippen molar-refractivity contribution in [2.45, 2.75) is 52.2 Å². The number of carbonyl (C=O) groups is 3. The summed E-state index contributed by atoms with van der Waals surface area (Å²) in [6, 6.07) is 5.85. The first-order chi connectivity index (χ1) is 18.6. The monoisotopic (exact) mass is 536 g/mol. The van der Waals surface area contributed by atoms with Crippen molar-refractivity contribution in [2.75, 3.05) is 33.2 Å². The second-order valence-electron chi connectivity index (χ2n) is 11.2. The first kappa shape index (κ1) is 28.7. The quantitative estimate of drug-likeness (QED) is 0.452. The van der Waals surface area contributed by atoms with Gasteiger partial charge in [0, 0.05) is 38.0 Å². The van der Waals surface area contributed by atoms with Crippen LogP contribution in [-0.2, 0) is 14.3 Å². The summed E-state index contributed by atoms with van der Waals surface area (Å²) in [6.07, 6.45) is 6.31. The molecule has 210 valence electrons. The third-order valence-corrected chi connectivity index (χ3v) is 7.97. The Morgan fingerprint density at radius 1 is 1.13 bits per heavy atom. The molecule has 1 aromatic heterocycles. The predicted octanol–water partition coefficient (Wildman–Crippen LogP) is 3.85. The van der Waals surface area contributed by atoms with Gasteiger partial charge in [0.1, 0.15) is 6.10 Å². The van der Waals surface area contributed by atoms with Crippen LogP contribution >= 0.6 is 0 Å². The van der Waals surface area contributed by atoms with Crippen molar-refractivity contribution in [1.29, 1.82) is 0 Å². The number of hydrogen-bond donors (Lipinski definition) is 2. The second-order valence-corrected chi connectivity index (χ2v) is 11.2. The highest BCUT2D eigenvalue weighted by Crippen LogP contribution is 2.29. The average molecular weight is 537 g/mol. The maximum atomic E-state index is 13.4. The number of aromatic nitrogens is 2. The Morgan fingerprint density at radius 2 is 1.87 bits per heavy atom. The van der Waals surface area contributed by atoms with E-state index in [1.54, 1.807) is 11.1 Å². The third-order valence-electron chi connectivity index (χ3n) is 7.97. The first-order valence-electron chi connectivity index (χ1n) is 13.8. The summed E-state index contributed by atoms with van der Waals surface area (Å²) in [4.78, 5) is 43.2. The number of Topliss-reactive ketones (excluding diaryl/α,β-unsaturated/α-hetero) is 2. The summed E-state index contributed by atoms with van der Waals surface area (Å²) in [6.45, 7) is 8.55. The Hall–Kier alpha value is -3.30. The Morgan fingerprint density at radius 3 is 2.62 bits per heavy atom. The molecule has 9 heteroatoms. The maximum Gasteiger partial charge on any atom is 0.410 e. The number of rotatable bonds is 3. The number of carbonyl (C=O) groups excluding carboxylic acids is 3. The van der Waals surface area contributed by atoms with E-state index in [1.165, 1.54) is 0 Å². The SMILES string of the molecule is C/C(=C\c1ccc2cn[nH]c2c1)[C@H]1C(=O)C(=O)C[C@H](O)CC[C@H](C)[C@@H](OC(=O)N2CCN(C)CC2)/C=C/[C@@H]1C. The zero-order valence-electron chi connectivity index (χ0n) is 23.3. The molecule has 4 rings (SSSR count). The summed E-state index contributed by atoms with van der Waals surface area (Å²) in [5.74, 6) is -2.18. The zero-order chi connectivity index (χ0) is 28.1. The molecule has 1 fully saturated rings. The number of hydrogen-bond acceptors (Lipinski definition) is 7. The van der Waals surface area contributed by atoms with E-state index in [9.17, 15) is 19.5 Å². The van der Waals surface area contributed by atoms with E-state index < -0.39 is 29.7 Å². The number of aliphatic hydroxyl groups is 1. The van der Waals surface area contributed by atoms with Crippen LogP contribution in [0.5, 0.6) is 0 Å². The normalized spacial score (nSPS) is 29.1. The Balaban J connectivity index is 1.60. The van der Waals surface area contributed by atoms with Crippen molar-refractivity contribution in [3.8, 4) is 0 Å². The third kappa shape index (κ3) is 7.22. The van der Waals surface area contributed by atoms with Crippen LogP contribution in [0.2, 0.25) is 0 Å². The van der Waals surface area contributed by atoms with E-state index in [2.05, 4.69) is 15.1 Å². The number of nitrogens with zero attached hydrogens (tertiary/aromatic N) is 3. The van der Waals surface area contributed by atoms with Crippen molar-refractivity contribution >= 4 is 34.6 Å². The number of aromatic amines is 1. The van der Waals surface area contributed by atoms with Crippen molar-refractivity contribution in [2.24, 2.45) is 17.8 Å². The smallest absolute Gasteiger partial charge is 0.410 e. The number of amides is 1. The maximum absolute atomic E-state index is 13.4. The molecule has 0 radical (unpaired) electrons. The molecule has 1 aliphatic heterocycles. The van der Waals surface area contributed by atoms with Crippen LogP contribution in [0.25, 0.3) is 17.0 Å². The number of nitrogens with one attached hydrogen (secondary N) is 1. The minimum Gasteiger partial charge on any atom is -0.442 e. The van der Waals surface area contributed by atoms with Gasteiger partial charge in [-0.3, -0.25) is 14.7 Å². The fourth-order valence-corrected chi connectivity index (χ4v) is 5.39. The van der Waals surface area contributed by atoms with Crippen molar-refractivity contribution < 1.29 is 24.2 Å². The van der Waals surface area contributed by atoms with Crippen LogP contribution in [-0.4, -0.2) is 88.2 Å². The van der Waals surface area contributed by atoms with Crippen LogP contribution in [0, 0.1) is 17.8 Å². The molecule has 9 nitrogen and oxygen atoms in total. The fourth-order valence-electron chi connectivity index (χ4n) is 5.39. The highest BCUT2D eigenvalue weighted by molar-refractivity contribution is 6.38. The first-order valence-corrected chi connectivity index (χ1v) is 13.8. The molecule has 2 aliphatic rings. The number of likely N-dealkylation sites (N-methyl/N-ethyl adjacent to an activating group) is 1. The summed E-state index contributed by atoms with van der Waals surface area (Å²) < 4.78 is 5.96. The summed E-state index contributed by atoms with van der Waals surface area (Å²) in [5.41, 5.74) is 2.52. The van der Waals surface area contributed by atoms with Crippen molar-refractivity contribution in [3.05, 3.63) is 47.7 Å². The predicted molar refractivity (Wildman–Crippen MR) is 150 cm³/mol. The molecule has 2 N–H and O–H groups in total. The summed E-state index contributed by atoms with van der Waals surface area (Å²) >= 11 is 0. The van der Waals surface area contributed by atoms with Crippen LogP contribution < -0.4 is 0 Å². The number of benzene rings is 1. The number of allylic oxidation sites excluding steroid dienone is 2. The molecule has 2 aromatic rings. The van der Waals surface area contributed by atoms with Gasteiger partial charge in [-0.05, 0) is 56.4 Å². The lowest BCUT2D eigenvalue weighted by Crippen LogP contribution is -2.48. The average Bonchev–Trinajstić information content (AvgIpc) is 3.37. The molecule has 0 saturated carbocycles. The van der Waals surface area contributed by atoms with Gasteiger partial charge in [-0.1, -0.05) is 43.7 Å².